The molecule has 0 fully saturated rings. The highest BCUT2D eigenvalue weighted by Crippen LogP contribution is 2.31. The van der Waals surface area contributed by atoms with Gasteiger partial charge in [-0.25, -0.2) is 23.2 Å². The first-order valence-corrected chi connectivity index (χ1v) is 10.6. The lowest BCUT2D eigenvalue weighted by Gasteiger charge is -2.13. The van der Waals surface area contributed by atoms with Gasteiger partial charge in [-0.05, 0) is 31.4 Å². The largest absolute Gasteiger partial charge is 1.00 e. The lowest BCUT2D eigenvalue weighted by Crippen LogP contribution is -3.00. The van der Waals surface area contributed by atoms with Crippen LogP contribution in [0.5, 0.6) is 5.75 Å². The summed E-state index contributed by atoms with van der Waals surface area (Å²) in [6.45, 7) is 3.38. The Morgan fingerprint density at radius 3 is 2.63 bits per heavy atom. The van der Waals surface area contributed by atoms with Gasteiger partial charge in [-0.2, -0.15) is 0 Å². The second kappa shape index (κ2) is 9.77. The number of carbonyl (C=O) groups is 1. The molecule has 8 nitrogen and oxygen atoms in total. The maximum atomic E-state index is 12.1. The third kappa shape index (κ3) is 5.47. The Morgan fingerprint density at radius 2 is 2.04 bits per heavy atom. The number of sulfone groups is 1. The third-order valence-electron chi connectivity index (χ3n) is 3.40. The Labute approximate surface area is 168 Å². The Morgan fingerprint density at radius 1 is 1.33 bits per heavy atom. The van der Waals surface area contributed by atoms with E-state index in [1.807, 2.05) is 0 Å². The van der Waals surface area contributed by atoms with Crippen LogP contribution >= 0.6 is 11.8 Å². The number of phenols is 1. The number of carbonyl (C=O) groups excluding carboxylic acids is 1. The molecule has 0 saturated carbocycles. The maximum Gasteiger partial charge on any atom is 0.343 e. The van der Waals surface area contributed by atoms with Gasteiger partial charge in [0.2, 0.25) is 0 Å². The molecular formula is C16H19ClN3O5S2-. The number of hydrogen-bond donors (Lipinski definition) is 2. The second-order valence-corrected chi connectivity index (χ2v) is 8.10. The van der Waals surface area contributed by atoms with Gasteiger partial charge in [0.25, 0.3) is 0 Å². The van der Waals surface area contributed by atoms with E-state index in [4.69, 9.17) is 4.74 Å². The highest BCUT2D eigenvalue weighted by Gasteiger charge is 2.19. The molecule has 27 heavy (non-hydrogen) atoms. The normalized spacial score (nSPS) is 10.8. The molecule has 0 bridgehead atoms. The van der Waals surface area contributed by atoms with Crippen LogP contribution in [0.3, 0.4) is 0 Å². The van der Waals surface area contributed by atoms with E-state index in [-0.39, 0.29) is 52.5 Å². The van der Waals surface area contributed by atoms with Crippen molar-refractivity contribution in [3.63, 3.8) is 0 Å². The lowest BCUT2D eigenvalue weighted by molar-refractivity contribution is -0.0000270. The van der Waals surface area contributed by atoms with E-state index in [1.54, 1.807) is 13.2 Å². The molecule has 1 aromatic heterocycles. The minimum atomic E-state index is -3.46. The molecule has 1 heterocycles. The summed E-state index contributed by atoms with van der Waals surface area (Å²) in [5, 5.41) is 13.3. The Kier molecular flexibility index (Phi) is 8.32. The topological polar surface area (TPSA) is 118 Å². The predicted molar refractivity (Wildman–Crippen MR) is 98.9 cm³/mol. The molecule has 0 unspecified atom stereocenters. The molecule has 2 rings (SSSR count). The average Bonchev–Trinajstić information content (AvgIpc) is 2.63. The van der Waals surface area contributed by atoms with Gasteiger partial charge >= 0.3 is 5.97 Å². The zero-order valence-corrected chi connectivity index (χ0v) is 17.3. The van der Waals surface area contributed by atoms with Crippen LogP contribution in [0, 0.1) is 0 Å². The van der Waals surface area contributed by atoms with Gasteiger partial charge < -0.3 is 27.6 Å². The van der Waals surface area contributed by atoms with Crippen LogP contribution in [-0.2, 0) is 14.6 Å². The number of halogens is 1. The van der Waals surface area contributed by atoms with E-state index < -0.39 is 15.8 Å². The number of hydrogen-bond acceptors (Lipinski definition) is 9. The first-order chi connectivity index (χ1) is 12.3. The van der Waals surface area contributed by atoms with Crippen LogP contribution in [0.4, 0.5) is 11.5 Å². The molecule has 148 valence electrons. The summed E-state index contributed by atoms with van der Waals surface area (Å²) in [6, 6.07) is 3.88. The number of phenolic OH excluding ortho intramolecular Hbond substituents is 1. The molecule has 0 spiro atoms. The minimum absolute atomic E-state index is 0. The molecule has 2 aromatic rings. The molecule has 0 aliphatic carbocycles. The summed E-state index contributed by atoms with van der Waals surface area (Å²) < 4.78 is 29.1. The molecule has 1 aromatic carbocycles. The van der Waals surface area contributed by atoms with Crippen molar-refractivity contribution >= 4 is 39.1 Å². The number of benzene rings is 1. The number of aromatic nitrogens is 2. The molecule has 11 heteroatoms. The van der Waals surface area contributed by atoms with Crippen molar-refractivity contribution in [2.45, 2.75) is 23.9 Å². The standard InChI is InChI=1S/C16H19N3O5S2.ClH/c1-4-24-15(21)11-9-17-16(25-3)19-14(11)18-12-8-10(6-7-13(12)20)26(22,23)5-2;/h6-9,20H,4-5H2,1-3H3,(H,17,18,19);1H/p-1. The molecule has 0 amide bonds. The summed E-state index contributed by atoms with van der Waals surface area (Å²) in [5.74, 6) is -0.766. The number of esters is 1. The molecule has 0 atom stereocenters. The summed E-state index contributed by atoms with van der Waals surface area (Å²) >= 11 is 1.27. The van der Waals surface area contributed by atoms with Crippen molar-refractivity contribution in [3.8, 4) is 5.75 Å². The Balaban J connectivity index is 0.00000364. The monoisotopic (exact) mass is 432 g/mol. The van der Waals surface area contributed by atoms with Crippen molar-refractivity contribution in [3.05, 3.63) is 30.0 Å². The summed E-state index contributed by atoms with van der Waals surface area (Å²) in [4.78, 5) is 20.4. The van der Waals surface area contributed by atoms with Gasteiger partial charge in [0.05, 0.1) is 22.9 Å². The van der Waals surface area contributed by atoms with Gasteiger partial charge in [-0.1, -0.05) is 18.7 Å². The molecular weight excluding hydrogens is 414 g/mol. The fraction of sp³-hybridized carbons (Fsp3) is 0.312. The first-order valence-electron chi connectivity index (χ1n) is 7.73. The maximum absolute atomic E-state index is 12.1. The number of rotatable bonds is 7. The predicted octanol–water partition coefficient (Wildman–Crippen LogP) is -0.378. The highest BCUT2D eigenvalue weighted by atomic mass is 35.5. The third-order valence-corrected chi connectivity index (χ3v) is 5.70. The fourth-order valence-corrected chi connectivity index (χ4v) is 3.27. The van der Waals surface area contributed by atoms with Crippen LogP contribution in [0.15, 0.2) is 34.4 Å². The van der Waals surface area contributed by atoms with E-state index in [9.17, 15) is 18.3 Å². The SMILES string of the molecule is CCOC(=O)c1cnc(SC)nc1Nc1cc(S(=O)(=O)CC)ccc1O.[Cl-]. The molecule has 0 saturated heterocycles. The number of aromatic hydroxyl groups is 1. The van der Waals surface area contributed by atoms with E-state index in [2.05, 4.69) is 15.3 Å². The zero-order valence-electron chi connectivity index (χ0n) is 14.9. The van der Waals surface area contributed by atoms with E-state index in [0.717, 1.165) is 0 Å². The second-order valence-electron chi connectivity index (χ2n) is 5.05. The summed E-state index contributed by atoms with van der Waals surface area (Å²) in [5.41, 5.74) is 0.184. The summed E-state index contributed by atoms with van der Waals surface area (Å²) in [6.07, 6.45) is 3.10. The van der Waals surface area contributed by atoms with Gasteiger partial charge in [0.1, 0.15) is 17.1 Å². The minimum Gasteiger partial charge on any atom is -1.00 e. The van der Waals surface area contributed by atoms with E-state index in [1.165, 1.54) is 43.1 Å². The van der Waals surface area contributed by atoms with Crippen LogP contribution in [0.25, 0.3) is 0 Å². The van der Waals surface area contributed by atoms with Gasteiger partial charge in [0, 0.05) is 6.20 Å². The molecule has 0 aliphatic heterocycles. The van der Waals surface area contributed by atoms with Crippen LogP contribution < -0.4 is 17.7 Å². The average molecular weight is 433 g/mol. The fourth-order valence-electron chi connectivity index (χ4n) is 2.02. The van der Waals surface area contributed by atoms with Crippen molar-refractivity contribution in [1.29, 1.82) is 0 Å². The quantitative estimate of drug-likeness (QED) is 0.261. The van der Waals surface area contributed by atoms with Crippen LogP contribution in [-0.4, -0.2) is 48.1 Å². The van der Waals surface area contributed by atoms with Crippen LogP contribution in [0.2, 0.25) is 0 Å². The zero-order chi connectivity index (χ0) is 19.3. The molecule has 0 radical (unpaired) electrons. The van der Waals surface area contributed by atoms with Gasteiger partial charge in [0.15, 0.2) is 15.0 Å². The van der Waals surface area contributed by atoms with Gasteiger partial charge in [-0.3, -0.25) is 0 Å². The number of thioether (sulfide) groups is 1. The van der Waals surface area contributed by atoms with E-state index >= 15 is 0 Å². The number of anilines is 2. The Bertz CT molecular complexity index is 922. The number of nitrogens with one attached hydrogen (secondary N) is 1. The van der Waals surface area contributed by atoms with Crippen LogP contribution in [0.1, 0.15) is 24.2 Å². The number of ether oxygens (including phenoxy) is 1. The molecule has 0 aliphatic rings. The van der Waals surface area contributed by atoms with Crippen molar-refractivity contribution < 1.29 is 35.5 Å². The van der Waals surface area contributed by atoms with Crippen molar-refractivity contribution in [2.75, 3.05) is 23.9 Å². The van der Waals surface area contributed by atoms with Crippen molar-refractivity contribution in [1.82, 2.24) is 9.97 Å². The van der Waals surface area contributed by atoms with E-state index in [0.29, 0.717) is 5.16 Å². The highest BCUT2D eigenvalue weighted by molar-refractivity contribution is 7.98. The Hall–Kier alpha value is -2.04. The first kappa shape index (κ1) is 23.0. The smallest absolute Gasteiger partial charge is 0.343 e. The van der Waals surface area contributed by atoms with Gasteiger partial charge in [-0.15, -0.1) is 0 Å². The number of nitrogens with zero attached hydrogens (tertiary/aromatic N) is 2. The summed E-state index contributed by atoms with van der Waals surface area (Å²) in [7, 11) is -3.46. The lowest BCUT2D eigenvalue weighted by atomic mass is 10.2. The van der Waals surface area contributed by atoms with Crippen molar-refractivity contribution in [2.24, 2.45) is 0 Å². The molecule has 2 N–H and O–H groups in total.